The van der Waals surface area contributed by atoms with Gasteiger partial charge in [-0.25, -0.2) is 9.67 Å². The van der Waals surface area contributed by atoms with Crippen LogP contribution in [-0.2, 0) is 12.7 Å². The third-order valence-electron chi connectivity index (χ3n) is 4.94. The first-order valence-corrected chi connectivity index (χ1v) is 10.7. The van der Waals surface area contributed by atoms with Crippen LogP contribution in [0.4, 0.5) is 24.5 Å². The lowest BCUT2D eigenvalue weighted by atomic mass is 10.2. The topological polar surface area (TPSA) is 90.8 Å². The summed E-state index contributed by atoms with van der Waals surface area (Å²) in [6.45, 7) is 2.06. The Bertz CT molecular complexity index is 1340. The normalized spacial score (nSPS) is 11.6. The summed E-state index contributed by atoms with van der Waals surface area (Å²) >= 11 is 12.5. The highest BCUT2D eigenvalue weighted by atomic mass is 35.5. The number of nitrogens with zero attached hydrogens (tertiary/aromatic N) is 4. The summed E-state index contributed by atoms with van der Waals surface area (Å²) in [5, 5.41) is 7.90. The lowest BCUT2D eigenvalue weighted by molar-refractivity contribution is -0.140. The highest BCUT2D eigenvalue weighted by Crippen LogP contribution is 2.33. The zero-order chi connectivity index (χ0) is 24.6. The van der Waals surface area contributed by atoms with Gasteiger partial charge in [0.25, 0.3) is 5.91 Å². The Kier molecular flexibility index (Phi) is 6.28. The van der Waals surface area contributed by atoms with Crippen molar-refractivity contribution in [3.8, 4) is 17.1 Å². The fraction of sp³-hybridized carbons (Fsp3) is 0.136. The van der Waals surface area contributed by atoms with Gasteiger partial charge in [0.1, 0.15) is 11.5 Å². The van der Waals surface area contributed by atoms with E-state index in [-0.39, 0.29) is 11.5 Å². The van der Waals surface area contributed by atoms with E-state index in [4.69, 9.17) is 28.9 Å². The number of hydrogen-bond donors (Lipinski definition) is 2. The van der Waals surface area contributed by atoms with Gasteiger partial charge in [-0.2, -0.15) is 18.3 Å². The van der Waals surface area contributed by atoms with Crippen LogP contribution in [0.5, 0.6) is 0 Å². The largest absolute Gasteiger partial charge is 0.434 e. The van der Waals surface area contributed by atoms with E-state index in [0.29, 0.717) is 39.2 Å². The van der Waals surface area contributed by atoms with Gasteiger partial charge in [0.15, 0.2) is 11.4 Å². The van der Waals surface area contributed by atoms with Gasteiger partial charge in [0.05, 0.1) is 21.9 Å². The SMILES string of the molecule is CCn1cc(C(F)(F)F)nc1-c1ccc(Nc2cn(-c3c(Cl)cccc3Cl)nc2C(N)=O)cc1. The second-order valence-electron chi connectivity index (χ2n) is 7.21. The van der Waals surface area contributed by atoms with Crippen LogP contribution < -0.4 is 11.1 Å². The Morgan fingerprint density at radius 2 is 1.74 bits per heavy atom. The molecule has 0 aliphatic carbocycles. The molecule has 0 saturated heterocycles. The minimum Gasteiger partial charge on any atom is -0.364 e. The van der Waals surface area contributed by atoms with Crippen molar-refractivity contribution in [3.05, 3.63) is 76.3 Å². The second kappa shape index (κ2) is 9.03. The Labute approximate surface area is 201 Å². The summed E-state index contributed by atoms with van der Waals surface area (Å²) in [4.78, 5) is 15.7. The molecule has 0 unspecified atom stereocenters. The average molecular weight is 509 g/mol. The van der Waals surface area contributed by atoms with Crippen molar-refractivity contribution in [2.75, 3.05) is 5.32 Å². The molecule has 0 fully saturated rings. The number of hydrogen-bond acceptors (Lipinski definition) is 4. The number of alkyl halides is 3. The minimum atomic E-state index is -4.54. The van der Waals surface area contributed by atoms with Crippen LogP contribution in [0.2, 0.25) is 10.0 Å². The maximum atomic E-state index is 13.1. The van der Waals surface area contributed by atoms with E-state index in [1.807, 2.05) is 0 Å². The number of aromatic nitrogens is 4. The number of imidazole rings is 1. The lowest BCUT2D eigenvalue weighted by Crippen LogP contribution is -2.14. The zero-order valence-electron chi connectivity index (χ0n) is 17.6. The first-order valence-electron chi connectivity index (χ1n) is 9.94. The average Bonchev–Trinajstić information content (AvgIpc) is 3.39. The van der Waals surface area contributed by atoms with Crippen LogP contribution in [0.3, 0.4) is 0 Å². The highest BCUT2D eigenvalue weighted by molar-refractivity contribution is 6.37. The van der Waals surface area contributed by atoms with E-state index >= 15 is 0 Å². The Morgan fingerprint density at radius 1 is 1.09 bits per heavy atom. The molecular formula is C22H17Cl2F3N6O. The second-order valence-corrected chi connectivity index (χ2v) is 8.02. The molecule has 4 rings (SSSR count). The van der Waals surface area contributed by atoms with Crippen molar-refractivity contribution in [3.63, 3.8) is 0 Å². The van der Waals surface area contributed by atoms with Crippen molar-refractivity contribution >= 4 is 40.5 Å². The van der Waals surface area contributed by atoms with Gasteiger partial charge in [-0.05, 0) is 43.3 Å². The first kappa shape index (κ1) is 23.7. The fourth-order valence-electron chi connectivity index (χ4n) is 3.35. The molecule has 2 aromatic carbocycles. The number of carbonyl (C=O) groups is 1. The molecule has 0 radical (unpaired) electrons. The number of primary amides is 1. The van der Waals surface area contributed by atoms with Crippen LogP contribution in [0.25, 0.3) is 17.1 Å². The van der Waals surface area contributed by atoms with Crippen LogP contribution in [0, 0.1) is 0 Å². The van der Waals surface area contributed by atoms with E-state index < -0.39 is 17.8 Å². The smallest absolute Gasteiger partial charge is 0.364 e. The molecule has 0 aliphatic rings. The number of benzene rings is 2. The van der Waals surface area contributed by atoms with Crippen LogP contribution in [0.1, 0.15) is 23.1 Å². The molecular weight excluding hydrogens is 492 g/mol. The molecule has 4 aromatic rings. The van der Waals surface area contributed by atoms with E-state index in [9.17, 15) is 18.0 Å². The van der Waals surface area contributed by atoms with Gasteiger partial charge < -0.3 is 15.6 Å². The minimum absolute atomic E-state index is 0.0450. The van der Waals surface area contributed by atoms with Gasteiger partial charge in [0.2, 0.25) is 0 Å². The number of nitrogens with two attached hydrogens (primary N) is 1. The Balaban J connectivity index is 1.65. The summed E-state index contributed by atoms with van der Waals surface area (Å²) in [6.07, 6.45) is -2.04. The predicted octanol–water partition coefficient (Wildman–Crippen LogP) is 5.92. The van der Waals surface area contributed by atoms with Gasteiger partial charge in [-0.15, -0.1) is 0 Å². The summed E-state index contributed by atoms with van der Waals surface area (Å²) in [6, 6.07) is 11.5. The van der Waals surface area contributed by atoms with Gasteiger partial charge >= 0.3 is 6.18 Å². The zero-order valence-corrected chi connectivity index (χ0v) is 19.1. The van der Waals surface area contributed by atoms with Crippen molar-refractivity contribution in [1.82, 2.24) is 19.3 Å². The lowest BCUT2D eigenvalue weighted by Gasteiger charge is -2.08. The molecule has 0 bridgehead atoms. The molecule has 12 heteroatoms. The van der Waals surface area contributed by atoms with Crippen molar-refractivity contribution < 1.29 is 18.0 Å². The van der Waals surface area contributed by atoms with Crippen LogP contribution in [-0.4, -0.2) is 25.2 Å². The summed E-state index contributed by atoms with van der Waals surface area (Å²) < 4.78 is 42.0. The summed E-state index contributed by atoms with van der Waals surface area (Å²) in [7, 11) is 0. The number of amides is 1. The predicted molar refractivity (Wildman–Crippen MR) is 124 cm³/mol. The molecule has 7 nitrogen and oxygen atoms in total. The van der Waals surface area contributed by atoms with Crippen molar-refractivity contribution in [2.45, 2.75) is 19.6 Å². The number of halogens is 5. The molecule has 0 atom stereocenters. The fourth-order valence-corrected chi connectivity index (χ4v) is 3.92. The summed E-state index contributed by atoms with van der Waals surface area (Å²) in [5.41, 5.74) is 6.20. The summed E-state index contributed by atoms with van der Waals surface area (Å²) in [5.74, 6) is -0.578. The van der Waals surface area contributed by atoms with Gasteiger partial charge in [-0.3, -0.25) is 4.79 Å². The molecule has 2 aromatic heterocycles. The number of nitrogens with one attached hydrogen (secondary N) is 1. The molecule has 1 amide bonds. The number of aryl methyl sites for hydroxylation is 1. The Hall–Kier alpha value is -3.50. The first-order chi connectivity index (χ1) is 16.1. The van der Waals surface area contributed by atoms with E-state index in [1.54, 1.807) is 49.4 Å². The number of para-hydroxylation sites is 1. The number of rotatable bonds is 6. The molecule has 0 saturated carbocycles. The number of anilines is 2. The van der Waals surface area contributed by atoms with Crippen LogP contribution in [0.15, 0.2) is 54.9 Å². The van der Waals surface area contributed by atoms with Crippen molar-refractivity contribution in [2.24, 2.45) is 5.73 Å². The molecule has 0 aliphatic heterocycles. The molecule has 176 valence electrons. The quantitative estimate of drug-likeness (QED) is 0.338. The molecule has 0 spiro atoms. The maximum absolute atomic E-state index is 13.1. The van der Waals surface area contributed by atoms with E-state index in [1.165, 1.54) is 15.4 Å². The van der Waals surface area contributed by atoms with Gasteiger partial charge in [-0.1, -0.05) is 29.3 Å². The highest BCUT2D eigenvalue weighted by Gasteiger charge is 2.34. The molecule has 34 heavy (non-hydrogen) atoms. The van der Waals surface area contributed by atoms with Crippen LogP contribution >= 0.6 is 23.2 Å². The van der Waals surface area contributed by atoms with E-state index in [2.05, 4.69) is 15.4 Å². The molecule has 3 N–H and O–H groups in total. The van der Waals surface area contributed by atoms with E-state index in [0.717, 1.165) is 6.20 Å². The standard InChI is InChI=1S/C22H17Cl2F3N6O/c1-2-32-11-17(22(25,26)27)30-21(32)12-6-8-13(9-7-12)29-16-10-33(31-18(16)20(28)34)19-14(23)4-3-5-15(19)24/h3-11,29H,2H2,1H3,(H2,28,34). The van der Waals surface area contributed by atoms with Crippen molar-refractivity contribution in [1.29, 1.82) is 0 Å². The third-order valence-corrected chi connectivity index (χ3v) is 5.55. The van der Waals surface area contributed by atoms with Gasteiger partial charge in [0, 0.05) is 24.0 Å². The maximum Gasteiger partial charge on any atom is 0.434 e. The third kappa shape index (κ3) is 4.59. The molecule has 2 heterocycles. The monoisotopic (exact) mass is 508 g/mol. The number of carbonyl (C=O) groups excluding carboxylic acids is 1. The Morgan fingerprint density at radius 3 is 2.29 bits per heavy atom.